The van der Waals surface area contributed by atoms with Gasteiger partial charge in [0.1, 0.15) is 0 Å². The molecular weight excluding hydrogens is 368 g/mol. The maximum atomic E-state index is 12.6. The third kappa shape index (κ3) is 3.24. The first-order valence-electron chi connectivity index (χ1n) is 9.40. The highest BCUT2D eigenvalue weighted by Crippen LogP contribution is 2.35. The highest BCUT2D eigenvalue weighted by Gasteiger charge is 2.16. The SMILES string of the molecule is Cc1c2ccncc2cc2c3cc(C(=O)NC[C@@H](C)NC(=O)O)ccc3n(C)c12. The van der Waals surface area contributed by atoms with Crippen LogP contribution in [0, 0.1) is 6.92 Å². The predicted molar refractivity (Wildman–Crippen MR) is 113 cm³/mol. The quantitative estimate of drug-likeness (QED) is 0.496. The molecule has 0 aliphatic heterocycles. The number of aryl methyl sites for hydroxylation is 2. The summed E-state index contributed by atoms with van der Waals surface area (Å²) in [6, 6.07) is 9.40. The summed E-state index contributed by atoms with van der Waals surface area (Å²) in [5.41, 5.74) is 3.90. The van der Waals surface area contributed by atoms with E-state index in [0.29, 0.717) is 5.56 Å². The van der Waals surface area contributed by atoms with Crippen molar-refractivity contribution in [2.45, 2.75) is 19.9 Å². The van der Waals surface area contributed by atoms with E-state index in [1.165, 1.54) is 5.56 Å². The average Bonchev–Trinajstić information content (AvgIpc) is 2.97. The minimum atomic E-state index is -1.11. The Balaban J connectivity index is 1.76. The number of nitrogens with one attached hydrogen (secondary N) is 2. The minimum absolute atomic E-state index is 0.216. The summed E-state index contributed by atoms with van der Waals surface area (Å²) in [4.78, 5) is 27.5. The number of fused-ring (bicyclic) bond motifs is 4. The van der Waals surface area contributed by atoms with E-state index in [-0.39, 0.29) is 18.5 Å². The Kier molecular flexibility index (Phi) is 4.58. The van der Waals surface area contributed by atoms with E-state index in [4.69, 9.17) is 5.11 Å². The van der Waals surface area contributed by atoms with Crippen LogP contribution in [0.5, 0.6) is 0 Å². The van der Waals surface area contributed by atoms with E-state index in [0.717, 1.165) is 32.6 Å². The molecule has 0 unspecified atom stereocenters. The summed E-state index contributed by atoms with van der Waals surface area (Å²) in [5.74, 6) is -0.234. The molecule has 0 saturated carbocycles. The monoisotopic (exact) mass is 390 g/mol. The van der Waals surface area contributed by atoms with E-state index in [1.807, 2.05) is 31.4 Å². The van der Waals surface area contributed by atoms with Gasteiger partial charge in [0.25, 0.3) is 5.91 Å². The van der Waals surface area contributed by atoms with Crippen molar-refractivity contribution in [3.05, 3.63) is 53.9 Å². The van der Waals surface area contributed by atoms with Crippen LogP contribution in [0.4, 0.5) is 4.79 Å². The molecule has 0 spiro atoms. The van der Waals surface area contributed by atoms with Crippen LogP contribution >= 0.6 is 0 Å². The van der Waals surface area contributed by atoms with Crippen molar-refractivity contribution < 1.29 is 14.7 Å². The van der Waals surface area contributed by atoms with Crippen molar-refractivity contribution in [1.82, 2.24) is 20.2 Å². The summed E-state index contributed by atoms with van der Waals surface area (Å²) in [6.07, 6.45) is 2.54. The summed E-state index contributed by atoms with van der Waals surface area (Å²) >= 11 is 0. The molecule has 7 heteroatoms. The van der Waals surface area contributed by atoms with Gasteiger partial charge >= 0.3 is 6.09 Å². The van der Waals surface area contributed by atoms with E-state index < -0.39 is 6.09 Å². The van der Waals surface area contributed by atoms with Gasteiger partial charge in [0.15, 0.2) is 0 Å². The smallest absolute Gasteiger partial charge is 0.404 e. The Morgan fingerprint density at radius 3 is 2.72 bits per heavy atom. The fourth-order valence-electron chi connectivity index (χ4n) is 3.97. The van der Waals surface area contributed by atoms with Crippen molar-refractivity contribution >= 4 is 44.6 Å². The van der Waals surface area contributed by atoms with Crippen molar-refractivity contribution in [1.29, 1.82) is 0 Å². The van der Waals surface area contributed by atoms with E-state index >= 15 is 0 Å². The van der Waals surface area contributed by atoms with Crippen molar-refractivity contribution in [3.63, 3.8) is 0 Å². The molecule has 148 valence electrons. The Morgan fingerprint density at radius 1 is 1.17 bits per heavy atom. The molecule has 3 N–H and O–H groups in total. The third-order valence-corrected chi connectivity index (χ3v) is 5.35. The zero-order valence-electron chi connectivity index (χ0n) is 16.5. The average molecular weight is 390 g/mol. The minimum Gasteiger partial charge on any atom is -0.465 e. The molecule has 0 aliphatic rings. The molecule has 29 heavy (non-hydrogen) atoms. The molecule has 2 aromatic heterocycles. The number of carboxylic acid groups (broad SMARTS) is 1. The van der Waals surface area contributed by atoms with Crippen LogP contribution in [-0.2, 0) is 7.05 Å². The van der Waals surface area contributed by atoms with Gasteiger partial charge in [-0.1, -0.05) is 0 Å². The van der Waals surface area contributed by atoms with Crippen molar-refractivity contribution in [3.8, 4) is 0 Å². The number of hydrogen-bond acceptors (Lipinski definition) is 3. The Labute approximate surface area is 167 Å². The highest BCUT2D eigenvalue weighted by molar-refractivity contribution is 6.15. The molecule has 7 nitrogen and oxygen atoms in total. The molecule has 4 rings (SSSR count). The largest absolute Gasteiger partial charge is 0.465 e. The fourth-order valence-corrected chi connectivity index (χ4v) is 3.97. The van der Waals surface area contributed by atoms with Gasteiger partial charge in [-0.25, -0.2) is 4.79 Å². The van der Waals surface area contributed by atoms with E-state index in [1.54, 1.807) is 19.2 Å². The molecule has 0 bridgehead atoms. The summed E-state index contributed by atoms with van der Waals surface area (Å²) < 4.78 is 2.15. The lowest BCUT2D eigenvalue weighted by Gasteiger charge is -2.12. The molecule has 0 aliphatic carbocycles. The number of aromatic nitrogens is 2. The van der Waals surface area contributed by atoms with Crippen LogP contribution < -0.4 is 10.6 Å². The van der Waals surface area contributed by atoms with Crippen LogP contribution in [0.25, 0.3) is 32.6 Å². The molecule has 0 saturated heterocycles. The first kappa shape index (κ1) is 18.7. The predicted octanol–water partition coefficient (Wildman–Crippen LogP) is 3.57. The van der Waals surface area contributed by atoms with Gasteiger partial charge in [0.05, 0.1) is 5.52 Å². The summed E-state index contributed by atoms with van der Waals surface area (Å²) in [7, 11) is 2.03. The van der Waals surface area contributed by atoms with Crippen LogP contribution in [-0.4, -0.2) is 39.2 Å². The Hall–Kier alpha value is -3.61. The lowest BCUT2D eigenvalue weighted by molar-refractivity contribution is 0.0949. The van der Waals surface area contributed by atoms with Gasteiger partial charge in [0, 0.05) is 59.3 Å². The summed E-state index contributed by atoms with van der Waals surface area (Å²) in [5, 5.41) is 18.2. The first-order valence-corrected chi connectivity index (χ1v) is 9.40. The topological polar surface area (TPSA) is 96.2 Å². The number of pyridine rings is 1. The lowest BCUT2D eigenvalue weighted by Crippen LogP contribution is -2.41. The van der Waals surface area contributed by atoms with Gasteiger partial charge < -0.3 is 20.3 Å². The van der Waals surface area contributed by atoms with Crippen LogP contribution in [0.3, 0.4) is 0 Å². The van der Waals surface area contributed by atoms with Crippen LogP contribution in [0.1, 0.15) is 22.8 Å². The second kappa shape index (κ2) is 7.09. The van der Waals surface area contributed by atoms with Gasteiger partial charge in [-0.2, -0.15) is 0 Å². The van der Waals surface area contributed by atoms with Gasteiger partial charge in [-0.3, -0.25) is 9.78 Å². The number of carbonyl (C=O) groups excluding carboxylic acids is 1. The third-order valence-electron chi connectivity index (χ3n) is 5.35. The van der Waals surface area contributed by atoms with E-state index in [9.17, 15) is 9.59 Å². The maximum absolute atomic E-state index is 12.6. The Morgan fingerprint density at radius 2 is 1.97 bits per heavy atom. The van der Waals surface area contributed by atoms with Crippen LogP contribution in [0.15, 0.2) is 42.7 Å². The van der Waals surface area contributed by atoms with Gasteiger partial charge in [-0.05, 0) is 55.1 Å². The number of rotatable bonds is 4. The van der Waals surface area contributed by atoms with Gasteiger partial charge in [0.2, 0.25) is 0 Å². The number of carbonyl (C=O) groups is 2. The first-order chi connectivity index (χ1) is 13.9. The number of nitrogens with zero attached hydrogens (tertiary/aromatic N) is 2. The number of amides is 2. The van der Waals surface area contributed by atoms with Crippen molar-refractivity contribution in [2.75, 3.05) is 6.54 Å². The van der Waals surface area contributed by atoms with E-state index in [2.05, 4.69) is 33.2 Å². The molecule has 0 radical (unpaired) electrons. The normalized spacial score (nSPS) is 12.4. The molecule has 2 heterocycles. The molecule has 0 fully saturated rings. The second-order valence-electron chi connectivity index (χ2n) is 7.35. The molecule has 2 aromatic carbocycles. The van der Waals surface area contributed by atoms with Crippen LogP contribution in [0.2, 0.25) is 0 Å². The zero-order valence-corrected chi connectivity index (χ0v) is 16.5. The fraction of sp³-hybridized carbons (Fsp3) is 0.227. The second-order valence-corrected chi connectivity index (χ2v) is 7.35. The molecular formula is C22H22N4O3. The lowest BCUT2D eigenvalue weighted by atomic mass is 10.0. The number of hydrogen-bond donors (Lipinski definition) is 3. The zero-order chi connectivity index (χ0) is 20.7. The standard InChI is InChI=1S/C22H22N4O3/c1-12(25-22(28)29)10-24-21(27)14-4-5-19-17(8-14)18-9-15-11-23-7-6-16(15)13(2)20(18)26(19)3/h4-9,11-12,25H,10H2,1-3H3,(H,24,27)(H,28,29)/t12-/m1/s1. The highest BCUT2D eigenvalue weighted by atomic mass is 16.4. The Bertz CT molecular complexity index is 1280. The summed E-state index contributed by atoms with van der Waals surface area (Å²) in [6.45, 7) is 4.02. The number of benzene rings is 2. The van der Waals surface area contributed by atoms with Gasteiger partial charge in [-0.15, -0.1) is 0 Å². The van der Waals surface area contributed by atoms with Crippen molar-refractivity contribution in [2.24, 2.45) is 7.05 Å². The maximum Gasteiger partial charge on any atom is 0.404 e. The molecule has 4 aromatic rings. The molecule has 2 amide bonds. The molecule has 1 atom stereocenters.